The summed E-state index contributed by atoms with van der Waals surface area (Å²) in [6, 6.07) is 15.7. The second-order valence-corrected chi connectivity index (χ2v) is 7.79. The Morgan fingerprint density at radius 2 is 2.04 bits per heavy atom. The maximum atomic E-state index is 12.8. The predicted molar refractivity (Wildman–Crippen MR) is 107 cm³/mol. The molecule has 2 heterocycles. The summed E-state index contributed by atoms with van der Waals surface area (Å²) in [5, 5.41) is 0. The third kappa shape index (κ3) is 3.32. The molecule has 0 saturated heterocycles. The van der Waals surface area contributed by atoms with Crippen LogP contribution in [0.25, 0.3) is 6.08 Å². The van der Waals surface area contributed by atoms with Crippen molar-refractivity contribution in [1.82, 2.24) is 4.57 Å². The Balaban J connectivity index is 1.70. The molecule has 132 valence electrons. The number of hydrogen-bond donors (Lipinski definition) is 0. The van der Waals surface area contributed by atoms with Crippen molar-refractivity contribution in [2.75, 3.05) is 18.7 Å². The van der Waals surface area contributed by atoms with Gasteiger partial charge in [-0.25, -0.2) is 4.99 Å². The Morgan fingerprint density at radius 1 is 1.23 bits per heavy atom. The van der Waals surface area contributed by atoms with E-state index in [0.29, 0.717) is 17.9 Å². The third-order valence-electron chi connectivity index (χ3n) is 4.16. The Morgan fingerprint density at radius 3 is 2.81 bits per heavy atom. The van der Waals surface area contributed by atoms with Crippen LogP contribution >= 0.6 is 27.3 Å². The summed E-state index contributed by atoms with van der Waals surface area (Å²) in [5.74, 6) is 0.770. The summed E-state index contributed by atoms with van der Waals surface area (Å²) in [7, 11) is 1.63. The second-order valence-electron chi connectivity index (χ2n) is 5.86. The number of benzene rings is 2. The monoisotopic (exact) mass is 429 g/mol. The van der Waals surface area contributed by atoms with E-state index in [9.17, 15) is 4.79 Å². The number of halogens is 1. The highest BCUT2D eigenvalue weighted by atomic mass is 79.9. The molecule has 0 atom stereocenters. The summed E-state index contributed by atoms with van der Waals surface area (Å²) in [6.45, 7) is 1.04. The highest BCUT2D eigenvalue weighted by molar-refractivity contribution is 9.10. The standard InChI is InChI=1S/C19H16BrN3O2S/c1-25-16-4-2-3-13(9-16)10-17-18(24)23-12-22(11-21-19(23)26-17)15-7-5-14(20)6-8-15/h2-10H,11-12H2,1H3. The molecule has 0 N–H and O–H groups in total. The molecule has 0 saturated carbocycles. The Hall–Kier alpha value is -2.38. The fraction of sp³-hybridized carbons (Fsp3) is 0.158. The van der Waals surface area contributed by atoms with Crippen molar-refractivity contribution < 1.29 is 4.74 Å². The summed E-state index contributed by atoms with van der Waals surface area (Å²) >= 11 is 4.87. The van der Waals surface area contributed by atoms with Crippen LogP contribution in [0, 0.1) is 0 Å². The number of anilines is 1. The first-order valence-corrected chi connectivity index (χ1v) is 9.65. The zero-order chi connectivity index (χ0) is 18.1. The van der Waals surface area contributed by atoms with Crippen molar-refractivity contribution in [3.63, 3.8) is 0 Å². The van der Waals surface area contributed by atoms with Crippen molar-refractivity contribution in [1.29, 1.82) is 0 Å². The minimum Gasteiger partial charge on any atom is -0.497 e. The van der Waals surface area contributed by atoms with Crippen LogP contribution in [0.15, 0.2) is 62.8 Å². The van der Waals surface area contributed by atoms with Crippen LogP contribution in [0.1, 0.15) is 5.56 Å². The van der Waals surface area contributed by atoms with Crippen LogP contribution in [0.4, 0.5) is 5.69 Å². The fourth-order valence-electron chi connectivity index (χ4n) is 2.81. The molecular weight excluding hydrogens is 414 g/mol. The molecule has 0 fully saturated rings. The van der Waals surface area contributed by atoms with Gasteiger partial charge in [-0.1, -0.05) is 39.4 Å². The summed E-state index contributed by atoms with van der Waals surface area (Å²) in [6.07, 6.45) is 1.89. The minimum atomic E-state index is -0.0154. The zero-order valence-corrected chi connectivity index (χ0v) is 16.5. The second kappa shape index (κ2) is 7.09. The number of aromatic nitrogens is 1. The van der Waals surface area contributed by atoms with Gasteiger partial charge in [-0.05, 0) is 48.0 Å². The first-order valence-electron chi connectivity index (χ1n) is 8.04. The number of methoxy groups -OCH3 is 1. The number of thiazole rings is 1. The highest BCUT2D eigenvalue weighted by Crippen LogP contribution is 2.19. The van der Waals surface area contributed by atoms with Crippen molar-refractivity contribution in [2.24, 2.45) is 4.99 Å². The SMILES string of the molecule is COc1cccc(C=c2sc3n(c2=O)CN(c2ccc(Br)cc2)CN=3)c1. The largest absolute Gasteiger partial charge is 0.497 e. The molecule has 26 heavy (non-hydrogen) atoms. The lowest BCUT2D eigenvalue weighted by molar-refractivity contribution is 0.414. The van der Waals surface area contributed by atoms with Gasteiger partial charge in [0, 0.05) is 10.2 Å². The average molecular weight is 430 g/mol. The molecule has 0 bridgehead atoms. The van der Waals surface area contributed by atoms with Crippen LogP contribution in [0.3, 0.4) is 0 Å². The predicted octanol–water partition coefficient (Wildman–Crippen LogP) is 2.56. The number of hydrogen-bond acceptors (Lipinski definition) is 5. The van der Waals surface area contributed by atoms with E-state index in [4.69, 9.17) is 4.74 Å². The van der Waals surface area contributed by atoms with Crippen LogP contribution in [0.2, 0.25) is 0 Å². The molecule has 4 rings (SSSR count). The van der Waals surface area contributed by atoms with Crippen LogP contribution in [0.5, 0.6) is 5.75 Å². The van der Waals surface area contributed by atoms with Gasteiger partial charge in [-0.2, -0.15) is 0 Å². The quantitative estimate of drug-likeness (QED) is 0.642. The number of ether oxygens (including phenoxy) is 1. The van der Waals surface area contributed by atoms with Crippen molar-refractivity contribution >= 4 is 39.0 Å². The summed E-state index contributed by atoms with van der Waals surface area (Å²) in [4.78, 5) is 20.2. The molecule has 0 unspecified atom stereocenters. The van der Waals surface area contributed by atoms with Gasteiger partial charge in [0.2, 0.25) is 0 Å². The van der Waals surface area contributed by atoms with Gasteiger partial charge in [0.25, 0.3) is 5.56 Å². The van der Waals surface area contributed by atoms with Crippen LogP contribution in [-0.4, -0.2) is 18.3 Å². The van der Waals surface area contributed by atoms with E-state index in [1.54, 1.807) is 11.7 Å². The van der Waals surface area contributed by atoms with E-state index in [0.717, 1.165) is 26.3 Å². The first kappa shape index (κ1) is 17.1. The normalized spacial score (nSPS) is 14.1. The number of fused-ring (bicyclic) bond motifs is 1. The first-order chi connectivity index (χ1) is 12.6. The molecule has 1 aliphatic heterocycles. The smallest absolute Gasteiger partial charge is 0.271 e. The molecule has 1 aliphatic rings. The van der Waals surface area contributed by atoms with Gasteiger partial charge in [-0.3, -0.25) is 9.36 Å². The molecule has 5 nitrogen and oxygen atoms in total. The van der Waals surface area contributed by atoms with Crippen LogP contribution < -0.4 is 24.5 Å². The molecule has 3 aromatic rings. The van der Waals surface area contributed by atoms with Crippen molar-refractivity contribution in [2.45, 2.75) is 6.67 Å². The van der Waals surface area contributed by atoms with Gasteiger partial charge >= 0.3 is 0 Å². The summed E-state index contributed by atoms with van der Waals surface area (Å²) < 4.78 is 8.67. The van der Waals surface area contributed by atoms with E-state index in [1.807, 2.05) is 54.6 Å². The Bertz CT molecular complexity index is 1120. The lowest BCUT2D eigenvalue weighted by atomic mass is 10.2. The van der Waals surface area contributed by atoms with E-state index < -0.39 is 0 Å². The molecule has 0 amide bonds. The lowest BCUT2D eigenvalue weighted by Gasteiger charge is -2.25. The highest BCUT2D eigenvalue weighted by Gasteiger charge is 2.15. The Kier molecular flexibility index (Phi) is 4.65. The van der Waals surface area contributed by atoms with Gasteiger partial charge in [0.1, 0.15) is 19.1 Å². The van der Waals surface area contributed by atoms with Crippen LogP contribution in [-0.2, 0) is 6.67 Å². The molecule has 1 aromatic heterocycles. The molecule has 2 aromatic carbocycles. The van der Waals surface area contributed by atoms with E-state index in [2.05, 4.69) is 25.8 Å². The minimum absolute atomic E-state index is 0.0154. The molecule has 0 aliphatic carbocycles. The van der Waals surface area contributed by atoms with Gasteiger partial charge < -0.3 is 9.64 Å². The molecule has 7 heteroatoms. The van der Waals surface area contributed by atoms with Crippen molar-refractivity contribution in [3.8, 4) is 5.75 Å². The maximum Gasteiger partial charge on any atom is 0.271 e. The Labute approximate surface area is 162 Å². The van der Waals surface area contributed by atoms with E-state index in [-0.39, 0.29) is 5.56 Å². The van der Waals surface area contributed by atoms with Gasteiger partial charge in [0.05, 0.1) is 11.6 Å². The number of rotatable bonds is 3. The van der Waals surface area contributed by atoms with Gasteiger partial charge in [0.15, 0.2) is 4.80 Å². The van der Waals surface area contributed by atoms with E-state index in [1.165, 1.54) is 11.3 Å². The lowest BCUT2D eigenvalue weighted by Crippen LogP contribution is -2.42. The number of nitrogens with zero attached hydrogens (tertiary/aromatic N) is 3. The summed E-state index contributed by atoms with van der Waals surface area (Å²) in [5.41, 5.74) is 1.96. The van der Waals surface area contributed by atoms with Gasteiger partial charge in [-0.15, -0.1) is 0 Å². The molecule has 0 radical (unpaired) electrons. The molecular formula is C19H16BrN3O2S. The fourth-order valence-corrected chi connectivity index (χ4v) is 4.04. The maximum absolute atomic E-state index is 12.8. The van der Waals surface area contributed by atoms with Crippen molar-refractivity contribution in [3.05, 3.63) is 78.3 Å². The topological polar surface area (TPSA) is 46.8 Å². The third-order valence-corrected chi connectivity index (χ3v) is 5.73. The zero-order valence-electron chi connectivity index (χ0n) is 14.1. The average Bonchev–Trinajstić information content (AvgIpc) is 2.98. The van der Waals surface area contributed by atoms with E-state index >= 15 is 0 Å². The molecule has 0 spiro atoms.